The molecule has 0 aromatic carbocycles. The molecule has 1 fully saturated rings. The first-order valence-electron chi connectivity index (χ1n) is 21.5. The van der Waals surface area contributed by atoms with E-state index in [-0.39, 0.29) is 19.3 Å². The maximum Gasteiger partial charge on any atom is 0.306 e. The Bertz CT molecular complexity index is 1010. The second-order valence-corrected chi connectivity index (χ2v) is 15.0. The summed E-state index contributed by atoms with van der Waals surface area (Å²) in [5.41, 5.74) is 0. The van der Waals surface area contributed by atoms with Crippen LogP contribution in [0.3, 0.4) is 0 Å². The minimum absolute atomic E-state index is 0.0680. The van der Waals surface area contributed by atoms with Gasteiger partial charge in [-0.1, -0.05) is 136 Å². The molecule has 0 bridgehead atoms. The summed E-state index contributed by atoms with van der Waals surface area (Å²) >= 11 is 0. The molecule has 0 unspecified atom stereocenters. The quantitative estimate of drug-likeness (QED) is 0.0339. The van der Waals surface area contributed by atoms with Crippen molar-refractivity contribution in [3.05, 3.63) is 0 Å². The van der Waals surface area contributed by atoms with Gasteiger partial charge in [-0.05, 0) is 19.3 Å². The second kappa shape index (κ2) is 32.7. The highest BCUT2D eigenvalue weighted by Crippen LogP contribution is 2.30. The number of unbranched alkanes of at least 4 members (excludes halogenated alkanes) is 18. The van der Waals surface area contributed by atoms with Gasteiger partial charge in [-0.15, -0.1) is 0 Å². The fourth-order valence-electron chi connectivity index (χ4n) is 6.52. The molecule has 1 saturated heterocycles. The fraction of sp³-hybridized carbons (Fsp3) is 0.905. The van der Waals surface area contributed by atoms with Crippen LogP contribution in [0.2, 0.25) is 0 Å². The van der Waals surface area contributed by atoms with Crippen LogP contribution < -0.4 is 0 Å². The molecule has 7 atom stereocenters. The molecule has 1 rings (SSSR count). The highest BCUT2D eigenvalue weighted by atomic mass is 16.7. The maximum absolute atomic E-state index is 13.1. The van der Waals surface area contributed by atoms with Crippen molar-refractivity contribution in [1.29, 1.82) is 0 Å². The normalized spacial score (nSPS) is 20.7. The Morgan fingerprint density at radius 2 is 0.927 bits per heavy atom. The molecular formula is C42H76O13. The SMILES string of the molecule is CCCCCCCCCCCCCC(=O)OC[C@H](O)[C@H](O)CO[C@@H]1O[C@H](CO)[C@@H](OC(C)=O)[C@H](OC(=O)CCCCCCC)[C@@H]1OC(=O)CCCCCCC. The van der Waals surface area contributed by atoms with Crippen LogP contribution in [-0.2, 0) is 47.6 Å². The van der Waals surface area contributed by atoms with Crippen molar-refractivity contribution < 1.29 is 62.9 Å². The summed E-state index contributed by atoms with van der Waals surface area (Å²) in [5, 5.41) is 31.5. The van der Waals surface area contributed by atoms with E-state index in [0.29, 0.717) is 19.3 Å². The number of hydrogen-bond donors (Lipinski definition) is 3. The van der Waals surface area contributed by atoms with E-state index in [1.54, 1.807) is 0 Å². The number of aliphatic hydroxyl groups is 3. The van der Waals surface area contributed by atoms with E-state index in [1.807, 2.05) is 0 Å². The number of hydrogen-bond acceptors (Lipinski definition) is 13. The monoisotopic (exact) mass is 789 g/mol. The van der Waals surface area contributed by atoms with Crippen LogP contribution in [0, 0.1) is 0 Å². The third kappa shape index (κ3) is 24.1. The lowest BCUT2D eigenvalue weighted by atomic mass is 9.98. The van der Waals surface area contributed by atoms with E-state index in [2.05, 4.69) is 20.8 Å². The summed E-state index contributed by atoms with van der Waals surface area (Å²) in [6.07, 6.45) is 12.0. The van der Waals surface area contributed by atoms with Crippen LogP contribution in [0.15, 0.2) is 0 Å². The molecule has 3 N–H and O–H groups in total. The summed E-state index contributed by atoms with van der Waals surface area (Å²) in [6.45, 7) is 5.87. The van der Waals surface area contributed by atoms with Gasteiger partial charge in [0, 0.05) is 26.2 Å². The minimum atomic E-state index is -1.55. The van der Waals surface area contributed by atoms with Crippen molar-refractivity contribution in [3.63, 3.8) is 0 Å². The molecule has 0 aromatic heterocycles. The van der Waals surface area contributed by atoms with Crippen molar-refractivity contribution in [1.82, 2.24) is 0 Å². The molecular weight excluding hydrogens is 712 g/mol. The molecule has 13 heteroatoms. The Labute approximate surface area is 330 Å². The van der Waals surface area contributed by atoms with E-state index in [0.717, 1.165) is 77.6 Å². The van der Waals surface area contributed by atoms with Gasteiger partial charge >= 0.3 is 23.9 Å². The fourth-order valence-corrected chi connectivity index (χ4v) is 6.52. The first-order chi connectivity index (χ1) is 26.6. The Kier molecular flexibility index (Phi) is 30.2. The van der Waals surface area contributed by atoms with Gasteiger partial charge in [-0.3, -0.25) is 19.2 Å². The Balaban J connectivity index is 2.84. The molecule has 0 aromatic rings. The van der Waals surface area contributed by atoms with Crippen LogP contribution in [0.5, 0.6) is 0 Å². The third-order valence-electron chi connectivity index (χ3n) is 9.85. The third-order valence-corrected chi connectivity index (χ3v) is 9.85. The van der Waals surface area contributed by atoms with Crippen LogP contribution in [0.4, 0.5) is 0 Å². The van der Waals surface area contributed by atoms with Gasteiger partial charge in [-0.2, -0.15) is 0 Å². The van der Waals surface area contributed by atoms with Crippen LogP contribution in [-0.4, -0.2) is 102 Å². The Hall–Kier alpha value is -2.32. The zero-order chi connectivity index (χ0) is 40.7. The van der Waals surface area contributed by atoms with Gasteiger partial charge < -0.3 is 43.7 Å². The summed E-state index contributed by atoms with van der Waals surface area (Å²) in [7, 11) is 0. The molecule has 1 heterocycles. The molecule has 1 aliphatic heterocycles. The van der Waals surface area contributed by atoms with E-state index in [4.69, 9.17) is 28.4 Å². The molecule has 0 spiro atoms. The van der Waals surface area contributed by atoms with Crippen molar-refractivity contribution in [2.75, 3.05) is 19.8 Å². The van der Waals surface area contributed by atoms with Crippen LogP contribution in [0.1, 0.15) is 182 Å². The first-order valence-corrected chi connectivity index (χ1v) is 21.5. The lowest BCUT2D eigenvalue weighted by Gasteiger charge is -2.44. The molecule has 0 amide bonds. The number of carbonyl (C=O) groups excluding carboxylic acids is 4. The maximum atomic E-state index is 13.1. The van der Waals surface area contributed by atoms with Crippen molar-refractivity contribution in [2.24, 2.45) is 0 Å². The van der Waals surface area contributed by atoms with Gasteiger partial charge in [0.05, 0.1) is 13.2 Å². The van der Waals surface area contributed by atoms with Gasteiger partial charge in [-0.25, -0.2) is 0 Å². The number of rotatable bonds is 34. The smallest absolute Gasteiger partial charge is 0.306 e. The van der Waals surface area contributed by atoms with Crippen molar-refractivity contribution in [2.45, 2.75) is 225 Å². The first kappa shape index (κ1) is 50.7. The lowest BCUT2D eigenvalue weighted by Crippen LogP contribution is -2.63. The van der Waals surface area contributed by atoms with E-state index >= 15 is 0 Å². The second-order valence-electron chi connectivity index (χ2n) is 15.0. The minimum Gasteiger partial charge on any atom is -0.463 e. The van der Waals surface area contributed by atoms with E-state index in [1.165, 1.54) is 44.9 Å². The topological polar surface area (TPSA) is 184 Å². The van der Waals surface area contributed by atoms with Gasteiger partial charge in [0.2, 0.25) is 0 Å². The predicted molar refractivity (Wildman–Crippen MR) is 208 cm³/mol. The Morgan fingerprint density at radius 3 is 1.36 bits per heavy atom. The van der Waals surface area contributed by atoms with Crippen molar-refractivity contribution >= 4 is 23.9 Å². The van der Waals surface area contributed by atoms with E-state index < -0.39 is 86.6 Å². The number of aliphatic hydroxyl groups excluding tert-OH is 3. The zero-order valence-corrected chi connectivity index (χ0v) is 34.6. The molecule has 0 aliphatic carbocycles. The van der Waals surface area contributed by atoms with Crippen molar-refractivity contribution in [3.8, 4) is 0 Å². The van der Waals surface area contributed by atoms with E-state index in [9.17, 15) is 34.5 Å². The Morgan fingerprint density at radius 1 is 0.527 bits per heavy atom. The van der Waals surface area contributed by atoms with Gasteiger partial charge in [0.1, 0.15) is 24.9 Å². The largest absolute Gasteiger partial charge is 0.463 e. The average Bonchev–Trinajstić information content (AvgIpc) is 3.16. The standard InChI is InChI=1S/C42H76O13/c1-5-8-11-14-15-16-17-18-19-22-23-26-36(47)50-30-33(45)34(46)31-51-42-41(55-38(49)28-25-21-13-10-7-3)40(39(52-32(4)44)35(29-43)53-42)54-37(48)27-24-20-12-9-6-2/h33-35,39-43,45-46H,5-31H2,1-4H3/t33-,34+,35+,39+,40-,41-,42+/m0/s1. The van der Waals surface area contributed by atoms with Gasteiger partial charge in [0.15, 0.2) is 24.6 Å². The summed E-state index contributed by atoms with van der Waals surface area (Å²) in [6, 6.07) is 0. The van der Waals surface area contributed by atoms with Crippen LogP contribution >= 0.6 is 0 Å². The highest BCUT2D eigenvalue weighted by molar-refractivity contribution is 5.71. The zero-order valence-electron chi connectivity index (χ0n) is 34.6. The molecule has 0 radical (unpaired) electrons. The van der Waals surface area contributed by atoms with Gasteiger partial charge in [0.25, 0.3) is 0 Å². The number of esters is 4. The predicted octanol–water partition coefficient (Wildman–Crippen LogP) is 7.16. The van der Waals surface area contributed by atoms with Crippen LogP contribution in [0.25, 0.3) is 0 Å². The molecule has 13 nitrogen and oxygen atoms in total. The number of carbonyl (C=O) groups is 4. The number of ether oxygens (including phenoxy) is 6. The molecule has 55 heavy (non-hydrogen) atoms. The summed E-state index contributed by atoms with van der Waals surface area (Å²) in [5.74, 6) is -2.43. The molecule has 1 aliphatic rings. The summed E-state index contributed by atoms with van der Waals surface area (Å²) in [4.78, 5) is 50.6. The molecule has 322 valence electrons. The lowest BCUT2D eigenvalue weighted by molar-refractivity contribution is -0.312. The summed E-state index contributed by atoms with van der Waals surface area (Å²) < 4.78 is 34.0. The average molecular weight is 789 g/mol. The molecule has 0 saturated carbocycles. The highest BCUT2D eigenvalue weighted by Gasteiger charge is 2.52.